The lowest BCUT2D eigenvalue weighted by Gasteiger charge is -2.29. The molecule has 0 aliphatic heterocycles. The number of aromatic nitrogens is 1. The van der Waals surface area contributed by atoms with E-state index in [4.69, 9.17) is 4.42 Å². The molecule has 12 aromatic rings. The second-order valence-electron chi connectivity index (χ2n) is 17.7. The number of furan rings is 1. The van der Waals surface area contributed by atoms with Gasteiger partial charge in [0.15, 0.2) is 0 Å². The zero-order valence-corrected chi connectivity index (χ0v) is 35.6. The molecule has 0 bridgehead atoms. The van der Waals surface area contributed by atoms with E-state index in [2.05, 4.69) is 242 Å². The van der Waals surface area contributed by atoms with Crippen molar-refractivity contribution in [3.05, 3.63) is 230 Å². The molecule has 0 saturated heterocycles. The Hall–Kier alpha value is -8.14. The predicted molar refractivity (Wildman–Crippen MR) is 269 cm³/mol. The van der Waals surface area contributed by atoms with E-state index in [-0.39, 0.29) is 5.41 Å². The van der Waals surface area contributed by atoms with Crippen molar-refractivity contribution in [2.45, 2.75) is 19.3 Å². The largest absolute Gasteiger partial charge is 0.455 e. The van der Waals surface area contributed by atoms with Crippen LogP contribution in [0.2, 0.25) is 0 Å². The minimum atomic E-state index is -0.121. The molecule has 0 amide bonds. The number of benzene rings is 10. The lowest BCUT2D eigenvalue weighted by Crippen LogP contribution is -2.16. The summed E-state index contributed by atoms with van der Waals surface area (Å²) >= 11 is 0. The fraction of sp³-hybridized carbons (Fsp3) is 0.0492. The Bertz CT molecular complexity index is 3770. The number of hydrogen-bond acceptors (Lipinski definition) is 2. The Morgan fingerprint density at radius 1 is 0.422 bits per heavy atom. The highest BCUT2D eigenvalue weighted by Gasteiger charge is 2.37. The van der Waals surface area contributed by atoms with Crippen molar-refractivity contribution in [2.75, 3.05) is 4.90 Å². The molecule has 64 heavy (non-hydrogen) atoms. The zero-order chi connectivity index (χ0) is 42.5. The topological polar surface area (TPSA) is 21.3 Å². The molecule has 302 valence electrons. The maximum absolute atomic E-state index is 6.86. The number of rotatable bonds is 6. The number of nitrogens with zero attached hydrogens (tertiary/aromatic N) is 2. The summed E-state index contributed by atoms with van der Waals surface area (Å²) in [5.74, 6) is 0. The Balaban J connectivity index is 1.01. The van der Waals surface area contributed by atoms with E-state index in [1.165, 1.54) is 66.0 Å². The molecule has 2 aromatic heterocycles. The van der Waals surface area contributed by atoms with Crippen molar-refractivity contribution < 1.29 is 4.42 Å². The number of fused-ring (bicyclic) bond motifs is 10. The first kappa shape index (κ1) is 36.5. The molecule has 1 aliphatic rings. The minimum Gasteiger partial charge on any atom is -0.455 e. The highest BCUT2D eigenvalue weighted by Crippen LogP contribution is 2.52. The first-order valence-corrected chi connectivity index (χ1v) is 22.2. The molecule has 0 fully saturated rings. The molecular formula is C61H42N2O. The van der Waals surface area contributed by atoms with Gasteiger partial charge in [0.1, 0.15) is 11.2 Å². The summed E-state index contributed by atoms with van der Waals surface area (Å²) in [6.45, 7) is 4.73. The van der Waals surface area contributed by atoms with E-state index in [0.29, 0.717) is 0 Å². The molecule has 1 aliphatic carbocycles. The molecule has 2 heterocycles. The Kier molecular flexibility index (Phi) is 7.95. The average molecular weight is 819 g/mol. The fourth-order valence-corrected chi connectivity index (χ4v) is 10.9. The van der Waals surface area contributed by atoms with E-state index < -0.39 is 0 Å². The highest BCUT2D eigenvalue weighted by molar-refractivity contribution is 6.14. The second-order valence-corrected chi connectivity index (χ2v) is 17.7. The highest BCUT2D eigenvalue weighted by atomic mass is 16.3. The summed E-state index contributed by atoms with van der Waals surface area (Å²) in [6.07, 6.45) is 0. The molecule has 0 saturated carbocycles. The Morgan fingerprint density at radius 2 is 1.02 bits per heavy atom. The van der Waals surface area contributed by atoms with Crippen LogP contribution in [0.25, 0.3) is 93.6 Å². The SMILES string of the molecule is CC1(C)c2ccccc2-c2cccc(-c3ccc(N(c4cccc(-n5c6ccccc6c6ccccc65)c4)c4ccccc4-c4cccc5c4oc4cc6ccccc6cc45)cc3)c21. The molecule has 0 unspecified atom stereocenters. The van der Waals surface area contributed by atoms with Gasteiger partial charge in [-0.2, -0.15) is 0 Å². The minimum absolute atomic E-state index is 0.121. The number of para-hydroxylation sites is 4. The van der Waals surface area contributed by atoms with Crippen LogP contribution in [0.3, 0.4) is 0 Å². The summed E-state index contributed by atoms with van der Waals surface area (Å²) in [5.41, 5.74) is 18.3. The van der Waals surface area contributed by atoms with Crippen molar-refractivity contribution in [1.82, 2.24) is 4.57 Å². The van der Waals surface area contributed by atoms with Crippen LogP contribution >= 0.6 is 0 Å². The van der Waals surface area contributed by atoms with Gasteiger partial charge in [0.25, 0.3) is 0 Å². The van der Waals surface area contributed by atoms with Gasteiger partial charge in [0, 0.05) is 55.1 Å². The first-order valence-electron chi connectivity index (χ1n) is 22.2. The molecule has 3 heteroatoms. The van der Waals surface area contributed by atoms with Crippen molar-refractivity contribution in [2.24, 2.45) is 0 Å². The molecule has 13 rings (SSSR count). The van der Waals surface area contributed by atoms with Gasteiger partial charge >= 0.3 is 0 Å². The van der Waals surface area contributed by atoms with E-state index >= 15 is 0 Å². The van der Waals surface area contributed by atoms with Gasteiger partial charge in [0.2, 0.25) is 0 Å². The third-order valence-corrected chi connectivity index (χ3v) is 13.7. The Morgan fingerprint density at radius 3 is 1.81 bits per heavy atom. The summed E-state index contributed by atoms with van der Waals surface area (Å²) in [7, 11) is 0. The van der Waals surface area contributed by atoms with Gasteiger partial charge in [0.05, 0.1) is 16.7 Å². The van der Waals surface area contributed by atoms with Crippen molar-refractivity contribution in [3.63, 3.8) is 0 Å². The quantitative estimate of drug-likeness (QED) is 0.167. The standard InChI is InChI=1S/C61H42N2O/c1-61(2)54-28-9-5-20-46(54)50-25-14-24-45(59(50)61)39-32-34-42(35-33-39)62(43-18-13-19-44(38-43)63-56-30-11-6-21-47(56)48-22-7-12-31-57(48)63)55-29-10-8-23-49(55)51-26-15-27-52-53-36-40-16-3-4-17-41(40)37-58(53)64-60(51)52/h3-38H,1-2H3. The maximum atomic E-state index is 6.86. The van der Waals surface area contributed by atoms with Crippen LogP contribution < -0.4 is 4.90 Å². The van der Waals surface area contributed by atoms with Crippen LogP contribution in [0.5, 0.6) is 0 Å². The van der Waals surface area contributed by atoms with Crippen LogP contribution in [0.15, 0.2) is 223 Å². The third kappa shape index (κ3) is 5.41. The van der Waals surface area contributed by atoms with Crippen LogP contribution in [0.1, 0.15) is 25.0 Å². The number of anilines is 3. The predicted octanol–water partition coefficient (Wildman–Crippen LogP) is 16.9. The summed E-state index contributed by atoms with van der Waals surface area (Å²) < 4.78 is 9.26. The van der Waals surface area contributed by atoms with Crippen molar-refractivity contribution in [3.8, 4) is 39.1 Å². The molecule has 0 radical (unpaired) electrons. The maximum Gasteiger partial charge on any atom is 0.143 e. The second kappa shape index (κ2) is 13.9. The average Bonchev–Trinajstić information content (AvgIpc) is 3.96. The zero-order valence-electron chi connectivity index (χ0n) is 35.6. The van der Waals surface area contributed by atoms with Crippen LogP contribution in [-0.2, 0) is 5.41 Å². The summed E-state index contributed by atoms with van der Waals surface area (Å²) in [6, 6.07) is 79.6. The summed E-state index contributed by atoms with van der Waals surface area (Å²) in [4.78, 5) is 2.42. The smallest absolute Gasteiger partial charge is 0.143 e. The first-order chi connectivity index (χ1) is 31.5. The van der Waals surface area contributed by atoms with Gasteiger partial charge in [-0.15, -0.1) is 0 Å². The van der Waals surface area contributed by atoms with Crippen molar-refractivity contribution in [1.29, 1.82) is 0 Å². The molecule has 10 aromatic carbocycles. The molecular weight excluding hydrogens is 777 g/mol. The van der Waals surface area contributed by atoms with Crippen LogP contribution in [-0.4, -0.2) is 4.57 Å². The monoisotopic (exact) mass is 818 g/mol. The normalized spacial score (nSPS) is 13.0. The van der Waals surface area contributed by atoms with Gasteiger partial charge < -0.3 is 13.9 Å². The Labute approximate surface area is 371 Å². The van der Waals surface area contributed by atoms with Crippen molar-refractivity contribution >= 4 is 71.6 Å². The molecule has 3 nitrogen and oxygen atoms in total. The fourth-order valence-electron chi connectivity index (χ4n) is 10.9. The van der Waals surface area contributed by atoms with E-state index in [1.54, 1.807) is 0 Å². The number of hydrogen-bond donors (Lipinski definition) is 0. The summed E-state index contributed by atoms with van der Waals surface area (Å²) in [5, 5.41) is 7.09. The lowest BCUT2D eigenvalue weighted by molar-refractivity contribution is 0.662. The van der Waals surface area contributed by atoms with E-state index in [1.807, 2.05) is 0 Å². The van der Waals surface area contributed by atoms with E-state index in [0.717, 1.165) is 55.8 Å². The molecule has 0 atom stereocenters. The lowest BCUT2D eigenvalue weighted by atomic mass is 9.79. The van der Waals surface area contributed by atoms with Gasteiger partial charge in [-0.3, -0.25) is 0 Å². The molecule has 0 N–H and O–H groups in total. The van der Waals surface area contributed by atoms with Crippen LogP contribution in [0, 0.1) is 0 Å². The third-order valence-electron chi connectivity index (χ3n) is 13.7. The van der Waals surface area contributed by atoms with Gasteiger partial charge in [-0.05, 0) is 105 Å². The van der Waals surface area contributed by atoms with Crippen LogP contribution in [0.4, 0.5) is 17.1 Å². The van der Waals surface area contributed by atoms with Gasteiger partial charge in [-0.25, -0.2) is 0 Å². The van der Waals surface area contributed by atoms with E-state index in [9.17, 15) is 0 Å². The van der Waals surface area contributed by atoms with Gasteiger partial charge in [-0.1, -0.05) is 172 Å². The molecule has 0 spiro atoms.